The van der Waals surface area contributed by atoms with E-state index in [1.807, 2.05) is 0 Å². The third-order valence-corrected chi connectivity index (χ3v) is 6.20. The van der Waals surface area contributed by atoms with Gasteiger partial charge in [-0.15, -0.1) is 23.1 Å². The van der Waals surface area contributed by atoms with Gasteiger partial charge in [-0.3, -0.25) is 24.2 Å². The van der Waals surface area contributed by atoms with Crippen LogP contribution in [0, 0.1) is 0 Å². The zero-order chi connectivity index (χ0) is 22.0. The second-order valence-electron chi connectivity index (χ2n) is 6.06. The zero-order valence-electron chi connectivity index (χ0n) is 15.8. The van der Waals surface area contributed by atoms with Gasteiger partial charge in [0.15, 0.2) is 5.13 Å². The number of β-lactam (4-membered cyclic amide) rings is 1. The summed E-state index contributed by atoms with van der Waals surface area (Å²) in [7, 11) is 1.26. The van der Waals surface area contributed by atoms with E-state index in [1.54, 1.807) is 0 Å². The topological polar surface area (TPSA) is 165 Å². The number of aliphatic carboxylic acids is 1. The normalized spacial score (nSPS) is 20.6. The molecule has 0 radical (unpaired) electrons. The van der Waals surface area contributed by atoms with Crippen LogP contribution >= 0.6 is 23.1 Å². The smallest absolute Gasteiger partial charge is 0.352 e. The monoisotopic (exact) mass is 455 g/mol. The number of nitrogens with zero attached hydrogens (tertiary/aromatic N) is 4. The summed E-state index contributed by atoms with van der Waals surface area (Å²) in [6.07, 6.45) is 0.888. The van der Waals surface area contributed by atoms with Crippen molar-refractivity contribution in [2.45, 2.75) is 18.3 Å². The van der Waals surface area contributed by atoms with E-state index in [4.69, 9.17) is 10.5 Å². The number of ether oxygens (including phenoxy) is 1. The molecule has 0 saturated carbocycles. The van der Waals surface area contributed by atoms with E-state index < -0.39 is 35.2 Å². The van der Waals surface area contributed by atoms with Gasteiger partial charge in [-0.1, -0.05) is 5.16 Å². The van der Waals surface area contributed by atoms with Crippen LogP contribution in [0.4, 0.5) is 10.9 Å². The number of esters is 1. The molecule has 160 valence electrons. The largest absolute Gasteiger partial charge is 0.477 e. The highest BCUT2D eigenvalue weighted by Crippen LogP contribution is 2.43. The number of anilines is 2. The molecule has 0 aliphatic carbocycles. The van der Waals surface area contributed by atoms with Crippen molar-refractivity contribution in [2.75, 3.05) is 30.1 Å². The zero-order valence-corrected chi connectivity index (χ0v) is 17.4. The number of nitrogen functional groups attached to an aromatic ring is 1. The molecule has 2 aliphatic rings. The predicted molar refractivity (Wildman–Crippen MR) is 108 cm³/mol. The number of oxime groups is 1. The Morgan fingerprint density at radius 1 is 1.50 bits per heavy atom. The van der Waals surface area contributed by atoms with Gasteiger partial charge in [0, 0.05) is 23.6 Å². The van der Waals surface area contributed by atoms with Gasteiger partial charge in [0.05, 0.1) is 0 Å². The maximum atomic E-state index is 13.0. The van der Waals surface area contributed by atoms with Crippen molar-refractivity contribution in [2.24, 2.45) is 5.16 Å². The van der Waals surface area contributed by atoms with E-state index in [-0.39, 0.29) is 29.0 Å². The highest BCUT2D eigenvalue weighted by molar-refractivity contribution is 8.00. The van der Waals surface area contributed by atoms with Crippen LogP contribution in [-0.2, 0) is 28.8 Å². The summed E-state index contributed by atoms with van der Waals surface area (Å²) in [5.41, 5.74) is 5.71. The molecule has 2 atom stereocenters. The minimum Gasteiger partial charge on any atom is -0.477 e. The molecule has 1 aromatic heterocycles. The lowest BCUT2D eigenvalue weighted by Gasteiger charge is -2.52. The molecule has 3 heterocycles. The standard InChI is InChI=1S/C16H17N5O7S2/c1-7(22)28-4-8-5-29-14-12(13(24)21(14)11(8)15(25)26)20(10(23)3-18-27-2)9-6-30-16(17)19-9/h3,6,12,14H,4-5H2,1-2H3,(H2,17,19)(H,25,26)/t12-,14-/m1/s1. The molecule has 0 spiro atoms. The van der Waals surface area contributed by atoms with Crippen LogP contribution in [0.1, 0.15) is 6.92 Å². The minimum atomic E-state index is -1.33. The molecule has 1 aromatic rings. The molecule has 0 aromatic carbocycles. The summed E-state index contributed by atoms with van der Waals surface area (Å²) in [5.74, 6) is -2.83. The Morgan fingerprint density at radius 2 is 2.23 bits per heavy atom. The van der Waals surface area contributed by atoms with Crippen LogP contribution in [0.2, 0.25) is 0 Å². The lowest BCUT2D eigenvalue weighted by molar-refractivity contribution is -0.149. The SMILES string of the molecule is CON=CC(=O)N(c1csc(N)n1)[C@@H]1C(=O)N2C(C(=O)O)=C(COC(C)=O)CS[C@H]12. The van der Waals surface area contributed by atoms with Gasteiger partial charge in [0.1, 0.15) is 42.9 Å². The summed E-state index contributed by atoms with van der Waals surface area (Å²) in [6.45, 7) is 0.964. The van der Waals surface area contributed by atoms with Gasteiger partial charge in [0.2, 0.25) is 0 Å². The number of hydrogen-bond acceptors (Lipinski definition) is 11. The number of nitrogens with two attached hydrogens (primary N) is 1. The minimum absolute atomic E-state index is 0.148. The number of hydrogen-bond donors (Lipinski definition) is 2. The maximum absolute atomic E-state index is 13.0. The summed E-state index contributed by atoms with van der Waals surface area (Å²) in [4.78, 5) is 59.4. The molecule has 2 amide bonds. The third kappa shape index (κ3) is 3.95. The number of thioether (sulfide) groups is 1. The number of carboxylic acid groups (broad SMARTS) is 1. The first-order valence-corrected chi connectivity index (χ1v) is 10.3. The molecular formula is C16H17N5O7S2. The van der Waals surface area contributed by atoms with E-state index in [2.05, 4.69) is 15.0 Å². The van der Waals surface area contributed by atoms with E-state index in [0.29, 0.717) is 5.57 Å². The average Bonchev–Trinajstić information content (AvgIpc) is 3.13. The Kier molecular flexibility index (Phi) is 6.26. The van der Waals surface area contributed by atoms with Crippen molar-refractivity contribution in [1.82, 2.24) is 9.88 Å². The summed E-state index contributed by atoms with van der Waals surface area (Å²) < 4.78 is 4.90. The molecule has 3 rings (SSSR count). The van der Waals surface area contributed by atoms with Gasteiger partial charge in [0.25, 0.3) is 11.8 Å². The van der Waals surface area contributed by atoms with Crippen LogP contribution in [0.3, 0.4) is 0 Å². The van der Waals surface area contributed by atoms with E-state index in [1.165, 1.54) is 31.2 Å². The summed E-state index contributed by atoms with van der Waals surface area (Å²) in [6, 6.07) is -1.02. The van der Waals surface area contributed by atoms with Crippen molar-refractivity contribution in [1.29, 1.82) is 0 Å². The molecule has 0 unspecified atom stereocenters. The Hall–Kier alpha value is -3.13. The molecule has 1 fully saturated rings. The van der Waals surface area contributed by atoms with Crippen LogP contribution in [-0.4, -0.2) is 75.8 Å². The van der Waals surface area contributed by atoms with Gasteiger partial charge in [-0.05, 0) is 0 Å². The molecule has 14 heteroatoms. The van der Waals surface area contributed by atoms with Gasteiger partial charge in [-0.2, -0.15) is 0 Å². The van der Waals surface area contributed by atoms with E-state index >= 15 is 0 Å². The van der Waals surface area contributed by atoms with Crippen molar-refractivity contribution < 1.29 is 33.9 Å². The fourth-order valence-electron chi connectivity index (χ4n) is 3.01. The number of carbonyl (C=O) groups is 4. The number of rotatable bonds is 7. The van der Waals surface area contributed by atoms with Crippen LogP contribution in [0.25, 0.3) is 0 Å². The number of amides is 2. The number of carboxylic acids is 1. The fourth-order valence-corrected chi connectivity index (χ4v) is 4.92. The first-order valence-electron chi connectivity index (χ1n) is 8.40. The lowest BCUT2D eigenvalue weighted by atomic mass is 10.0. The van der Waals surface area contributed by atoms with E-state index in [0.717, 1.165) is 27.4 Å². The highest BCUT2D eigenvalue weighted by atomic mass is 32.2. The quantitative estimate of drug-likeness (QED) is 0.245. The Labute approximate surface area is 178 Å². The average molecular weight is 455 g/mol. The second kappa shape index (κ2) is 8.71. The number of aromatic nitrogens is 1. The van der Waals surface area contributed by atoms with Gasteiger partial charge < -0.3 is 20.4 Å². The van der Waals surface area contributed by atoms with Crippen LogP contribution in [0.15, 0.2) is 21.8 Å². The van der Waals surface area contributed by atoms with Crippen LogP contribution in [0.5, 0.6) is 0 Å². The first-order chi connectivity index (χ1) is 14.3. The predicted octanol–water partition coefficient (Wildman–Crippen LogP) is -0.124. The van der Waals surface area contributed by atoms with E-state index in [9.17, 15) is 24.3 Å². The lowest BCUT2D eigenvalue weighted by Crippen LogP contribution is -2.72. The van der Waals surface area contributed by atoms with Gasteiger partial charge >= 0.3 is 11.9 Å². The first kappa shape index (κ1) is 21.6. The number of fused-ring (bicyclic) bond motifs is 1. The van der Waals surface area contributed by atoms with Crippen molar-refractivity contribution in [3.8, 4) is 0 Å². The Morgan fingerprint density at radius 3 is 2.80 bits per heavy atom. The Balaban J connectivity index is 1.94. The molecule has 3 N–H and O–H groups in total. The molecule has 2 aliphatic heterocycles. The van der Waals surface area contributed by atoms with Gasteiger partial charge in [-0.25, -0.2) is 9.78 Å². The molecule has 30 heavy (non-hydrogen) atoms. The molecule has 0 bridgehead atoms. The number of carbonyl (C=O) groups excluding carboxylic acids is 3. The van der Waals surface area contributed by atoms with Crippen LogP contribution < -0.4 is 10.6 Å². The van der Waals surface area contributed by atoms with Crippen molar-refractivity contribution in [3.05, 3.63) is 16.7 Å². The molecule has 12 nitrogen and oxygen atoms in total. The summed E-state index contributed by atoms with van der Waals surface area (Å²) in [5, 5.41) is 14.1. The Bertz CT molecular complexity index is 960. The number of thiazole rings is 1. The third-order valence-electron chi connectivity index (χ3n) is 4.21. The van der Waals surface area contributed by atoms with Crippen molar-refractivity contribution in [3.63, 3.8) is 0 Å². The molecular weight excluding hydrogens is 438 g/mol. The fraction of sp³-hybridized carbons (Fsp3) is 0.375. The molecule has 1 saturated heterocycles. The van der Waals surface area contributed by atoms with Crippen molar-refractivity contribution >= 4 is 64.0 Å². The highest BCUT2D eigenvalue weighted by Gasteiger charge is 2.57. The second-order valence-corrected chi connectivity index (χ2v) is 8.06. The summed E-state index contributed by atoms with van der Waals surface area (Å²) >= 11 is 2.33. The maximum Gasteiger partial charge on any atom is 0.352 e.